The molecule has 0 atom stereocenters. The van der Waals surface area contributed by atoms with E-state index in [1.165, 1.54) is 25.9 Å². The summed E-state index contributed by atoms with van der Waals surface area (Å²) < 4.78 is 6.06. The molecule has 0 aliphatic carbocycles. The molecule has 0 bridgehead atoms. The normalized spacial score (nSPS) is 15.0. The summed E-state index contributed by atoms with van der Waals surface area (Å²) in [5.74, 6) is 1.66. The van der Waals surface area contributed by atoms with Crippen LogP contribution in [-0.2, 0) is 6.42 Å². The summed E-state index contributed by atoms with van der Waals surface area (Å²) in [6.45, 7) is 8.03. The third-order valence-electron chi connectivity index (χ3n) is 5.24. The standard InChI is InChI=1S/C21H27N5O2/c1-14(2)18-19-20(25-24-18)21(27)23-17(22-19)13-15-7-3-4-8-16(15)28-12-11-26-9-5-6-10-26/h3-4,7-8,14H,5-6,9-13H2,1-2H3,(H,24,25)(H,22,23,27). The number of benzene rings is 1. The SMILES string of the molecule is CC(C)c1n[nH]c2c(=O)[nH]c(Cc3ccccc3OCCN3CCCC3)nc12. The fourth-order valence-corrected chi connectivity index (χ4v) is 3.73. The van der Waals surface area contributed by atoms with Gasteiger partial charge in [0.25, 0.3) is 5.56 Å². The van der Waals surface area contributed by atoms with Gasteiger partial charge in [-0.2, -0.15) is 5.10 Å². The van der Waals surface area contributed by atoms with Crippen molar-refractivity contribution >= 4 is 11.0 Å². The van der Waals surface area contributed by atoms with Gasteiger partial charge in [-0.15, -0.1) is 0 Å². The van der Waals surface area contributed by atoms with Crippen molar-refractivity contribution in [2.24, 2.45) is 0 Å². The summed E-state index contributed by atoms with van der Waals surface area (Å²) >= 11 is 0. The number of rotatable bonds is 7. The summed E-state index contributed by atoms with van der Waals surface area (Å²) in [4.78, 5) is 22.4. The first-order chi connectivity index (χ1) is 13.6. The molecule has 2 aromatic heterocycles. The fraction of sp³-hybridized carbons (Fsp3) is 0.476. The predicted octanol–water partition coefficient (Wildman–Crippen LogP) is 2.84. The molecular weight excluding hydrogens is 354 g/mol. The van der Waals surface area contributed by atoms with Gasteiger partial charge in [0.2, 0.25) is 0 Å². The number of aromatic nitrogens is 4. The summed E-state index contributed by atoms with van der Waals surface area (Å²) in [7, 11) is 0. The number of fused-ring (bicyclic) bond motifs is 1. The van der Waals surface area contributed by atoms with Crippen LogP contribution in [0, 0.1) is 0 Å². The molecule has 0 unspecified atom stereocenters. The van der Waals surface area contributed by atoms with Crippen LogP contribution in [0.3, 0.4) is 0 Å². The number of nitrogens with zero attached hydrogens (tertiary/aromatic N) is 3. The van der Waals surface area contributed by atoms with Crippen LogP contribution in [0.1, 0.15) is 49.7 Å². The zero-order chi connectivity index (χ0) is 19.5. The molecule has 7 nitrogen and oxygen atoms in total. The molecule has 1 aromatic carbocycles. The van der Waals surface area contributed by atoms with Crippen molar-refractivity contribution in [1.82, 2.24) is 25.1 Å². The molecule has 0 radical (unpaired) electrons. The zero-order valence-electron chi connectivity index (χ0n) is 16.5. The smallest absolute Gasteiger partial charge is 0.276 e. The van der Waals surface area contributed by atoms with Gasteiger partial charge >= 0.3 is 0 Å². The van der Waals surface area contributed by atoms with E-state index < -0.39 is 0 Å². The van der Waals surface area contributed by atoms with E-state index in [9.17, 15) is 4.79 Å². The van der Waals surface area contributed by atoms with Gasteiger partial charge in [0.1, 0.15) is 29.2 Å². The average molecular weight is 381 g/mol. The first-order valence-corrected chi connectivity index (χ1v) is 10.0. The highest BCUT2D eigenvalue weighted by Gasteiger charge is 2.16. The number of hydrogen-bond donors (Lipinski definition) is 2. The number of nitrogens with one attached hydrogen (secondary N) is 2. The maximum absolute atomic E-state index is 12.4. The Labute approximate surface area is 164 Å². The molecule has 28 heavy (non-hydrogen) atoms. The molecule has 4 rings (SSSR count). The summed E-state index contributed by atoms with van der Waals surface area (Å²) in [6.07, 6.45) is 3.07. The van der Waals surface area contributed by atoms with Gasteiger partial charge in [-0.25, -0.2) is 4.98 Å². The number of hydrogen-bond acceptors (Lipinski definition) is 5. The summed E-state index contributed by atoms with van der Waals surface area (Å²) in [6, 6.07) is 7.96. The summed E-state index contributed by atoms with van der Waals surface area (Å²) in [5, 5.41) is 7.07. The van der Waals surface area contributed by atoms with E-state index in [4.69, 9.17) is 4.74 Å². The van der Waals surface area contributed by atoms with Crippen LogP contribution >= 0.6 is 0 Å². The molecule has 148 valence electrons. The maximum Gasteiger partial charge on any atom is 0.276 e. The van der Waals surface area contributed by atoms with E-state index in [-0.39, 0.29) is 11.5 Å². The Morgan fingerprint density at radius 1 is 1.21 bits per heavy atom. The van der Waals surface area contributed by atoms with E-state index in [0.717, 1.165) is 23.6 Å². The molecule has 3 aromatic rings. The van der Waals surface area contributed by atoms with Crippen LogP contribution in [0.15, 0.2) is 29.1 Å². The average Bonchev–Trinajstić information content (AvgIpc) is 3.33. The van der Waals surface area contributed by atoms with Crippen LogP contribution in [-0.4, -0.2) is 51.3 Å². The van der Waals surface area contributed by atoms with Crippen molar-refractivity contribution in [3.8, 4) is 5.75 Å². The van der Waals surface area contributed by atoms with Crippen molar-refractivity contribution in [2.45, 2.75) is 39.0 Å². The number of likely N-dealkylation sites (tertiary alicyclic amines) is 1. The highest BCUT2D eigenvalue weighted by atomic mass is 16.5. The van der Waals surface area contributed by atoms with Gasteiger partial charge in [-0.3, -0.25) is 14.8 Å². The highest BCUT2D eigenvalue weighted by Crippen LogP contribution is 2.22. The van der Waals surface area contributed by atoms with Gasteiger partial charge < -0.3 is 9.72 Å². The fourth-order valence-electron chi connectivity index (χ4n) is 3.73. The van der Waals surface area contributed by atoms with Gasteiger partial charge in [0, 0.05) is 18.5 Å². The lowest BCUT2D eigenvalue weighted by molar-refractivity contribution is 0.236. The topological polar surface area (TPSA) is 86.9 Å². The minimum Gasteiger partial charge on any atom is -0.492 e. The Hall–Kier alpha value is -2.67. The highest BCUT2D eigenvalue weighted by molar-refractivity contribution is 5.76. The van der Waals surface area contributed by atoms with Gasteiger partial charge in [0.15, 0.2) is 0 Å². The lowest BCUT2D eigenvalue weighted by Crippen LogP contribution is -2.25. The predicted molar refractivity (Wildman–Crippen MR) is 109 cm³/mol. The molecule has 2 N–H and O–H groups in total. The minimum absolute atomic E-state index is 0.188. The molecule has 1 saturated heterocycles. The van der Waals surface area contributed by atoms with Crippen molar-refractivity contribution < 1.29 is 4.74 Å². The molecule has 0 saturated carbocycles. The van der Waals surface area contributed by atoms with Gasteiger partial charge in [0.05, 0.1) is 5.69 Å². The second-order valence-corrected chi connectivity index (χ2v) is 7.68. The Kier molecular flexibility index (Phi) is 5.43. The molecule has 7 heteroatoms. The lowest BCUT2D eigenvalue weighted by Gasteiger charge is -2.16. The van der Waals surface area contributed by atoms with Gasteiger partial charge in [-0.1, -0.05) is 32.0 Å². The quantitative estimate of drug-likeness (QED) is 0.657. The van der Waals surface area contributed by atoms with E-state index in [2.05, 4.69) is 25.1 Å². The van der Waals surface area contributed by atoms with Crippen LogP contribution in [0.2, 0.25) is 0 Å². The second-order valence-electron chi connectivity index (χ2n) is 7.68. The van der Waals surface area contributed by atoms with Crippen LogP contribution in [0.25, 0.3) is 11.0 Å². The van der Waals surface area contributed by atoms with Crippen molar-refractivity contribution in [2.75, 3.05) is 26.2 Å². The van der Waals surface area contributed by atoms with Crippen molar-refractivity contribution in [3.05, 3.63) is 51.7 Å². The maximum atomic E-state index is 12.4. The van der Waals surface area contributed by atoms with E-state index >= 15 is 0 Å². The number of H-pyrrole nitrogens is 2. The Bertz CT molecular complexity index is 1000. The van der Waals surface area contributed by atoms with Crippen molar-refractivity contribution in [1.29, 1.82) is 0 Å². The first-order valence-electron chi connectivity index (χ1n) is 10.0. The Morgan fingerprint density at radius 2 is 2.00 bits per heavy atom. The van der Waals surface area contributed by atoms with Crippen LogP contribution in [0.5, 0.6) is 5.75 Å². The zero-order valence-corrected chi connectivity index (χ0v) is 16.5. The van der Waals surface area contributed by atoms with Crippen molar-refractivity contribution in [3.63, 3.8) is 0 Å². The van der Waals surface area contributed by atoms with Crippen LogP contribution in [0.4, 0.5) is 0 Å². The van der Waals surface area contributed by atoms with E-state index in [0.29, 0.717) is 29.9 Å². The lowest BCUT2D eigenvalue weighted by atomic mass is 10.1. The Balaban J connectivity index is 1.54. The molecule has 1 aliphatic rings. The first kappa shape index (κ1) is 18.7. The monoisotopic (exact) mass is 381 g/mol. The van der Waals surface area contributed by atoms with E-state index in [1.54, 1.807) is 0 Å². The largest absolute Gasteiger partial charge is 0.492 e. The minimum atomic E-state index is -0.188. The van der Waals surface area contributed by atoms with Crippen LogP contribution < -0.4 is 10.3 Å². The summed E-state index contributed by atoms with van der Waals surface area (Å²) in [5.41, 5.74) is 2.73. The molecule has 3 heterocycles. The van der Waals surface area contributed by atoms with Gasteiger partial charge in [-0.05, 0) is 37.9 Å². The molecule has 1 aliphatic heterocycles. The van der Waals surface area contributed by atoms with E-state index in [1.807, 2.05) is 38.1 Å². The number of para-hydroxylation sites is 1. The molecule has 1 fully saturated rings. The number of ether oxygens (including phenoxy) is 1. The Morgan fingerprint density at radius 3 is 2.79 bits per heavy atom. The molecule has 0 spiro atoms. The molecule has 0 amide bonds. The molecular formula is C21H27N5O2. The third kappa shape index (κ3) is 3.94. The number of aromatic amines is 2. The second kappa shape index (κ2) is 8.14. The third-order valence-corrected chi connectivity index (χ3v) is 5.24.